The lowest BCUT2D eigenvalue weighted by Crippen LogP contribution is -2.32. The number of hydrogen-bond donors (Lipinski definition) is 1. The lowest BCUT2D eigenvalue weighted by atomic mass is 10.2. The van der Waals surface area contributed by atoms with Gasteiger partial charge >= 0.3 is 0 Å². The average Bonchev–Trinajstić information content (AvgIpc) is 2.73. The van der Waals surface area contributed by atoms with Gasteiger partial charge in [0.1, 0.15) is 25.4 Å². The topological polar surface area (TPSA) is 78.8 Å². The zero-order valence-corrected chi connectivity index (χ0v) is 16.0. The standard InChI is InChI=1S/C21H17ClN2O5/c22-15-4-1-3-14(11-15)13-29-24-8-2-5-17(21(24)26)20(25)23-16-6-7-18-19(12-16)28-10-9-27-18/h1-8,11-12H,9-10,13H2,(H,23,25). The van der Waals surface area contributed by atoms with Gasteiger partial charge in [0.2, 0.25) is 0 Å². The van der Waals surface area contributed by atoms with E-state index in [4.69, 9.17) is 25.9 Å². The molecule has 2 heterocycles. The predicted molar refractivity (Wildman–Crippen MR) is 108 cm³/mol. The fraction of sp³-hybridized carbons (Fsp3) is 0.143. The maximum absolute atomic E-state index is 12.6. The molecular weight excluding hydrogens is 396 g/mol. The molecule has 0 unspecified atom stereocenters. The van der Waals surface area contributed by atoms with Crippen LogP contribution in [0.25, 0.3) is 0 Å². The fourth-order valence-corrected chi connectivity index (χ4v) is 3.05. The van der Waals surface area contributed by atoms with Crippen LogP contribution in [-0.4, -0.2) is 23.9 Å². The van der Waals surface area contributed by atoms with Crippen LogP contribution in [0.2, 0.25) is 5.02 Å². The Balaban J connectivity index is 1.49. The Morgan fingerprint density at radius 2 is 1.90 bits per heavy atom. The number of ether oxygens (including phenoxy) is 2. The fourth-order valence-electron chi connectivity index (χ4n) is 2.84. The first-order valence-corrected chi connectivity index (χ1v) is 9.28. The molecule has 3 aromatic rings. The van der Waals surface area contributed by atoms with Crippen LogP contribution in [-0.2, 0) is 6.61 Å². The number of amides is 1. The Hall–Kier alpha value is -3.45. The highest BCUT2D eigenvalue weighted by molar-refractivity contribution is 6.30. The number of rotatable bonds is 5. The Labute approximate surface area is 171 Å². The number of pyridine rings is 1. The van der Waals surface area contributed by atoms with Crippen LogP contribution in [0.5, 0.6) is 11.5 Å². The summed E-state index contributed by atoms with van der Waals surface area (Å²) in [4.78, 5) is 30.8. The third kappa shape index (κ3) is 4.35. The first-order valence-electron chi connectivity index (χ1n) is 8.90. The largest absolute Gasteiger partial charge is 0.486 e. The minimum atomic E-state index is -0.565. The number of benzene rings is 2. The number of carbonyl (C=O) groups excluding carboxylic acids is 1. The number of fused-ring (bicyclic) bond motifs is 1. The minimum absolute atomic E-state index is 0.0477. The highest BCUT2D eigenvalue weighted by Gasteiger charge is 2.16. The highest BCUT2D eigenvalue weighted by Crippen LogP contribution is 2.32. The molecule has 7 nitrogen and oxygen atoms in total. The van der Waals surface area contributed by atoms with E-state index in [9.17, 15) is 9.59 Å². The molecule has 0 saturated carbocycles. The van der Waals surface area contributed by atoms with E-state index in [1.165, 1.54) is 12.3 Å². The van der Waals surface area contributed by atoms with Crippen molar-refractivity contribution in [1.82, 2.24) is 4.73 Å². The van der Waals surface area contributed by atoms with Crippen molar-refractivity contribution in [2.24, 2.45) is 0 Å². The molecule has 0 atom stereocenters. The van der Waals surface area contributed by atoms with E-state index in [0.717, 1.165) is 10.3 Å². The SMILES string of the molecule is O=C(Nc1ccc2c(c1)OCCO2)c1cccn(OCc2cccc(Cl)c2)c1=O. The lowest BCUT2D eigenvalue weighted by Gasteiger charge is -2.19. The molecule has 1 aromatic heterocycles. The molecule has 0 spiro atoms. The molecule has 0 aliphatic carbocycles. The molecule has 0 fully saturated rings. The van der Waals surface area contributed by atoms with Crippen LogP contribution >= 0.6 is 11.6 Å². The molecule has 0 bridgehead atoms. The molecule has 4 rings (SSSR count). The molecule has 0 saturated heterocycles. The Morgan fingerprint density at radius 3 is 2.72 bits per heavy atom. The third-order valence-corrected chi connectivity index (χ3v) is 4.45. The second-order valence-corrected chi connectivity index (χ2v) is 6.71. The molecule has 0 radical (unpaired) electrons. The van der Waals surface area contributed by atoms with E-state index in [1.807, 2.05) is 6.07 Å². The van der Waals surface area contributed by atoms with Gasteiger partial charge < -0.3 is 19.6 Å². The lowest BCUT2D eigenvalue weighted by molar-refractivity contribution is 0.0863. The smallest absolute Gasteiger partial charge is 0.295 e. The van der Waals surface area contributed by atoms with Gasteiger partial charge in [-0.3, -0.25) is 9.59 Å². The van der Waals surface area contributed by atoms with Crippen molar-refractivity contribution in [3.8, 4) is 11.5 Å². The van der Waals surface area contributed by atoms with Gasteiger partial charge in [0.15, 0.2) is 11.5 Å². The zero-order valence-electron chi connectivity index (χ0n) is 15.3. The number of nitrogens with zero attached hydrogens (tertiary/aromatic N) is 1. The normalized spacial score (nSPS) is 12.3. The van der Waals surface area contributed by atoms with E-state index in [-0.39, 0.29) is 12.2 Å². The number of aromatic nitrogens is 1. The summed E-state index contributed by atoms with van der Waals surface area (Å²) in [7, 11) is 0. The second-order valence-electron chi connectivity index (χ2n) is 6.27. The van der Waals surface area contributed by atoms with E-state index in [1.54, 1.807) is 42.5 Å². The summed E-state index contributed by atoms with van der Waals surface area (Å²) in [6.07, 6.45) is 1.45. The van der Waals surface area contributed by atoms with Crippen molar-refractivity contribution in [3.63, 3.8) is 0 Å². The third-order valence-electron chi connectivity index (χ3n) is 4.22. The molecule has 8 heteroatoms. The number of nitrogens with one attached hydrogen (secondary N) is 1. The van der Waals surface area contributed by atoms with Crippen LogP contribution < -0.4 is 25.2 Å². The van der Waals surface area contributed by atoms with Gasteiger partial charge in [-0.05, 0) is 42.0 Å². The maximum atomic E-state index is 12.6. The zero-order chi connectivity index (χ0) is 20.2. The van der Waals surface area contributed by atoms with Crippen molar-refractivity contribution in [3.05, 3.63) is 87.3 Å². The number of halogens is 1. The van der Waals surface area contributed by atoms with Crippen molar-refractivity contribution < 1.29 is 19.1 Å². The van der Waals surface area contributed by atoms with Crippen molar-refractivity contribution in [2.45, 2.75) is 6.61 Å². The Kier molecular flexibility index (Phi) is 5.39. The van der Waals surface area contributed by atoms with Gasteiger partial charge in [0, 0.05) is 23.0 Å². The first-order chi connectivity index (χ1) is 14.1. The molecule has 1 amide bonds. The van der Waals surface area contributed by atoms with E-state index in [0.29, 0.717) is 35.4 Å². The molecule has 1 aliphatic heterocycles. The summed E-state index contributed by atoms with van der Waals surface area (Å²) < 4.78 is 12.0. The quantitative estimate of drug-likeness (QED) is 0.696. The summed E-state index contributed by atoms with van der Waals surface area (Å²) in [5.74, 6) is 0.613. The van der Waals surface area contributed by atoms with Crippen LogP contribution in [0.3, 0.4) is 0 Å². The van der Waals surface area contributed by atoms with Crippen LogP contribution in [0.1, 0.15) is 15.9 Å². The monoisotopic (exact) mass is 412 g/mol. The van der Waals surface area contributed by atoms with Crippen molar-refractivity contribution >= 4 is 23.2 Å². The summed E-state index contributed by atoms with van der Waals surface area (Å²) in [5, 5.41) is 3.27. The highest BCUT2D eigenvalue weighted by atomic mass is 35.5. The Morgan fingerprint density at radius 1 is 1.07 bits per heavy atom. The van der Waals surface area contributed by atoms with Gasteiger partial charge in [-0.2, -0.15) is 4.73 Å². The van der Waals surface area contributed by atoms with Gasteiger partial charge in [-0.15, -0.1) is 0 Å². The summed E-state index contributed by atoms with van der Waals surface area (Å²) >= 11 is 5.95. The van der Waals surface area contributed by atoms with E-state index < -0.39 is 11.5 Å². The number of anilines is 1. The minimum Gasteiger partial charge on any atom is -0.486 e. The van der Waals surface area contributed by atoms with E-state index >= 15 is 0 Å². The molecule has 148 valence electrons. The summed E-state index contributed by atoms with van der Waals surface area (Å²) in [6, 6.07) is 15.2. The van der Waals surface area contributed by atoms with Gasteiger partial charge in [0.25, 0.3) is 11.5 Å². The molecule has 1 N–H and O–H groups in total. The van der Waals surface area contributed by atoms with Gasteiger partial charge in [-0.1, -0.05) is 23.7 Å². The van der Waals surface area contributed by atoms with Crippen LogP contribution in [0, 0.1) is 0 Å². The number of hydrogen-bond acceptors (Lipinski definition) is 5. The predicted octanol–water partition coefficient (Wildman–Crippen LogP) is 3.15. The van der Waals surface area contributed by atoms with Crippen LogP contribution in [0.15, 0.2) is 65.6 Å². The average molecular weight is 413 g/mol. The van der Waals surface area contributed by atoms with Gasteiger partial charge in [0.05, 0.1) is 0 Å². The summed E-state index contributed by atoms with van der Waals surface area (Å²) in [6.45, 7) is 1.06. The molecular formula is C21H17ClN2O5. The molecule has 1 aliphatic rings. The first kappa shape index (κ1) is 18.9. The summed E-state index contributed by atoms with van der Waals surface area (Å²) in [5.41, 5.74) is 0.683. The van der Waals surface area contributed by atoms with Crippen molar-refractivity contribution in [2.75, 3.05) is 18.5 Å². The second kappa shape index (κ2) is 8.28. The maximum Gasteiger partial charge on any atom is 0.295 e. The molecule has 29 heavy (non-hydrogen) atoms. The Bertz CT molecular complexity index is 1110. The number of carbonyl (C=O) groups is 1. The molecule has 2 aromatic carbocycles. The van der Waals surface area contributed by atoms with E-state index in [2.05, 4.69) is 5.32 Å². The van der Waals surface area contributed by atoms with Gasteiger partial charge in [-0.25, -0.2) is 0 Å². The van der Waals surface area contributed by atoms with Crippen LogP contribution in [0.4, 0.5) is 5.69 Å². The van der Waals surface area contributed by atoms with Crippen molar-refractivity contribution in [1.29, 1.82) is 0 Å².